The maximum atomic E-state index is 11.7. The fourth-order valence-electron chi connectivity index (χ4n) is 2.22. The number of rotatable bonds is 8. The second kappa shape index (κ2) is 10.5. The Morgan fingerprint density at radius 1 is 1.42 bits per heavy atom. The zero-order valence-electron chi connectivity index (χ0n) is 12.2. The molecule has 1 fully saturated rings. The van der Waals surface area contributed by atoms with Crippen molar-refractivity contribution in [2.24, 2.45) is 11.7 Å². The van der Waals surface area contributed by atoms with E-state index < -0.39 is 0 Å². The van der Waals surface area contributed by atoms with Gasteiger partial charge in [0.25, 0.3) is 0 Å². The van der Waals surface area contributed by atoms with Crippen molar-refractivity contribution >= 4 is 18.3 Å². The number of hydrogen-bond acceptors (Lipinski definition) is 3. The zero-order valence-corrected chi connectivity index (χ0v) is 13.0. The molecule has 0 radical (unpaired) electrons. The SMILES string of the molecule is CCC(C)C(N)C(=O)NCCCOC1CCCC1.Cl. The van der Waals surface area contributed by atoms with E-state index in [1.165, 1.54) is 25.7 Å². The molecule has 0 aliphatic heterocycles. The molecule has 0 saturated heterocycles. The molecule has 1 aliphatic rings. The van der Waals surface area contributed by atoms with Crippen LogP contribution in [0, 0.1) is 5.92 Å². The van der Waals surface area contributed by atoms with Gasteiger partial charge in [0.1, 0.15) is 0 Å². The molecule has 0 heterocycles. The Labute approximate surface area is 123 Å². The molecule has 4 nitrogen and oxygen atoms in total. The van der Waals surface area contributed by atoms with Crippen molar-refractivity contribution in [3.05, 3.63) is 0 Å². The van der Waals surface area contributed by atoms with Gasteiger partial charge in [0.05, 0.1) is 12.1 Å². The maximum Gasteiger partial charge on any atom is 0.237 e. The first-order chi connectivity index (χ1) is 8.65. The molecule has 0 bridgehead atoms. The summed E-state index contributed by atoms with van der Waals surface area (Å²) in [6, 6.07) is -0.384. The number of ether oxygens (including phenoxy) is 1. The van der Waals surface area contributed by atoms with Gasteiger partial charge in [0.2, 0.25) is 5.91 Å². The van der Waals surface area contributed by atoms with E-state index in [1.807, 2.05) is 13.8 Å². The molecule has 1 aliphatic carbocycles. The standard InChI is InChI=1S/C14H28N2O2.ClH/c1-3-11(2)13(15)14(17)16-9-6-10-18-12-7-4-5-8-12;/h11-13H,3-10,15H2,1-2H3,(H,16,17);1H. The van der Waals surface area contributed by atoms with E-state index in [9.17, 15) is 4.79 Å². The Balaban J connectivity index is 0.00000324. The van der Waals surface area contributed by atoms with Crippen molar-refractivity contribution in [2.75, 3.05) is 13.2 Å². The monoisotopic (exact) mass is 292 g/mol. The molecule has 0 aromatic rings. The second-order valence-electron chi connectivity index (χ2n) is 5.33. The van der Waals surface area contributed by atoms with Gasteiger partial charge in [-0.15, -0.1) is 12.4 Å². The van der Waals surface area contributed by atoms with Gasteiger partial charge in [-0.25, -0.2) is 0 Å². The predicted molar refractivity (Wildman–Crippen MR) is 80.5 cm³/mol. The van der Waals surface area contributed by atoms with Crippen molar-refractivity contribution in [1.82, 2.24) is 5.32 Å². The van der Waals surface area contributed by atoms with E-state index in [1.54, 1.807) is 0 Å². The lowest BCUT2D eigenvalue weighted by Crippen LogP contribution is -2.45. The molecule has 0 aromatic carbocycles. The smallest absolute Gasteiger partial charge is 0.237 e. The fraction of sp³-hybridized carbons (Fsp3) is 0.929. The molecule has 3 N–H and O–H groups in total. The molecule has 2 atom stereocenters. The lowest BCUT2D eigenvalue weighted by molar-refractivity contribution is -0.123. The molecule has 0 aromatic heterocycles. The number of nitrogens with two attached hydrogens (primary N) is 1. The van der Waals surface area contributed by atoms with Gasteiger partial charge in [-0.05, 0) is 25.2 Å². The second-order valence-corrected chi connectivity index (χ2v) is 5.33. The van der Waals surface area contributed by atoms with E-state index in [4.69, 9.17) is 10.5 Å². The van der Waals surface area contributed by atoms with E-state index in [-0.39, 0.29) is 30.3 Å². The lowest BCUT2D eigenvalue weighted by Gasteiger charge is -2.18. The predicted octanol–water partition coefficient (Wildman–Crippen LogP) is 2.25. The van der Waals surface area contributed by atoms with Gasteiger partial charge in [-0.3, -0.25) is 4.79 Å². The highest BCUT2D eigenvalue weighted by Gasteiger charge is 2.18. The lowest BCUT2D eigenvalue weighted by atomic mass is 9.99. The summed E-state index contributed by atoms with van der Waals surface area (Å²) >= 11 is 0. The van der Waals surface area contributed by atoms with Crippen LogP contribution in [0.25, 0.3) is 0 Å². The van der Waals surface area contributed by atoms with Crippen LogP contribution >= 0.6 is 12.4 Å². The van der Waals surface area contributed by atoms with Crippen LogP contribution in [0.4, 0.5) is 0 Å². The Morgan fingerprint density at radius 2 is 2.05 bits per heavy atom. The first-order valence-corrected chi connectivity index (χ1v) is 7.30. The van der Waals surface area contributed by atoms with E-state index in [0.29, 0.717) is 12.6 Å². The third kappa shape index (κ3) is 7.14. The Morgan fingerprint density at radius 3 is 2.63 bits per heavy atom. The molecular weight excluding hydrogens is 264 g/mol. The quantitative estimate of drug-likeness (QED) is 0.675. The normalized spacial score (nSPS) is 18.7. The summed E-state index contributed by atoms with van der Waals surface area (Å²) < 4.78 is 5.73. The number of nitrogens with one attached hydrogen (secondary N) is 1. The van der Waals surface area contributed by atoms with Crippen molar-refractivity contribution < 1.29 is 9.53 Å². The van der Waals surface area contributed by atoms with Crippen LogP contribution in [0.2, 0.25) is 0 Å². The van der Waals surface area contributed by atoms with Gasteiger partial charge < -0.3 is 15.8 Å². The number of hydrogen-bond donors (Lipinski definition) is 2. The van der Waals surface area contributed by atoms with Gasteiger partial charge in [0, 0.05) is 13.2 Å². The first-order valence-electron chi connectivity index (χ1n) is 7.30. The summed E-state index contributed by atoms with van der Waals surface area (Å²) in [7, 11) is 0. The van der Waals surface area contributed by atoms with Crippen molar-refractivity contribution in [3.63, 3.8) is 0 Å². The van der Waals surface area contributed by atoms with E-state index in [0.717, 1.165) is 19.4 Å². The molecule has 114 valence electrons. The molecule has 1 amide bonds. The topological polar surface area (TPSA) is 64.4 Å². The summed E-state index contributed by atoms with van der Waals surface area (Å²) in [5.74, 6) is 0.199. The summed E-state index contributed by atoms with van der Waals surface area (Å²) in [4.78, 5) is 11.7. The summed E-state index contributed by atoms with van der Waals surface area (Å²) in [5.41, 5.74) is 5.84. The molecular formula is C14H29ClN2O2. The Bertz CT molecular complexity index is 246. The maximum absolute atomic E-state index is 11.7. The average molecular weight is 293 g/mol. The molecule has 2 unspecified atom stereocenters. The van der Waals surface area contributed by atoms with E-state index >= 15 is 0 Å². The molecule has 1 saturated carbocycles. The fourth-order valence-corrected chi connectivity index (χ4v) is 2.22. The largest absolute Gasteiger partial charge is 0.378 e. The zero-order chi connectivity index (χ0) is 13.4. The minimum atomic E-state index is -0.384. The average Bonchev–Trinajstić information content (AvgIpc) is 2.89. The van der Waals surface area contributed by atoms with Crippen molar-refractivity contribution in [2.45, 2.75) is 64.5 Å². The number of carbonyl (C=O) groups excluding carboxylic acids is 1. The number of carbonyl (C=O) groups is 1. The van der Waals surface area contributed by atoms with Crippen LogP contribution in [0.3, 0.4) is 0 Å². The third-order valence-corrected chi connectivity index (χ3v) is 3.84. The molecule has 19 heavy (non-hydrogen) atoms. The highest BCUT2D eigenvalue weighted by Crippen LogP contribution is 2.20. The third-order valence-electron chi connectivity index (χ3n) is 3.84. The summed E-state index contributed by atoms with van der Waals surface area (Å²) in [5, 5.41) is 2.88. The molecule has 5 heteroatoms. The minimum Gasteiger partial charge on any atom is -0.378 e. The Kier molecular flexibility index (Phi) is 10.3. The van der Waals surface area contributed by atoms with Crippen LogP contribution in [0.15, 0.2) is 0 Å². The highest BCUT2D eigenvalue weighted by molar-refractivity contribution is 5.85. The minimum absolute atomic E-state index is 0. The van der Waals surface area contributed by atoms with Crippen LogP contribution in [-0.2, 0) is 9.53 Å². The molecule has 0 spiro atoms. The number of halogens is 1. The van der Waals surface area contributed by atoms with Crippen molar-refractivity contribution in [3.8, 4) is 0 Å². The highest BCUT2D eigenvalue weighted by atomic mass is 35.5. The molecule has 1 rings (SSSR count). The summed E-state index contributed by atoms with van der Waals surface area (Å²) in [6.07, 6.45) is 7.25. The Hall–Kier alpha value is -0.320. The van der Waals surface area contributed by atoms with Gasteiger partial charge >= 0.3 is 0 Å². The summed E-state index contributed by atoms with van der Waals surface area (Å²) in [6.45, 7) is 5.46. The van der Waals surface area contributed by atoms with Crippen LogP contribution in [-0.4, -0.2) is 31.2 Å². The van der Waals surface area contributed by atoms with Crippen molar-refractivity contribution in [1.29, 1.82) is 0 Å². The first kappa shape index (κ1) is 18.7. The van der Waals surface area contributed by atoms with Crippen LogP contribution in [0.1, 0.15) is 52.4 Å². The van der Waals surface area contributed by atoms with Gasteiger partial charge in [-0.1, -0.05) is 33.1 Å². The van der Waals surface area contributed by atoms with E-state index in [2.05, 4.69) is 5.32 Å². The van der Waals surface area contributed by atoms with Gasteiger partial charge in [-0.2, -0.15) is 0 Å². The van der Waals surface area contributed by atoms with Crippen LogP contribution < -0.4 is 11.1 Å². The number of amides is 1. The van der Waals surface area contributed by atoms with Gasteiger partial charge in [0.15, 0.2) is 0 Å². The van der Waals surface area contributed by atoms with Crippen LogP contribution in [0.5, 0.6) is 0 Å².